The lowest BCUT2D eigenvalue weighted by Gasteiger charge is -2.17. The third-order valence-electron chi connectivity index (χ3n) is 4.10. The molecule has 1 saturated heterocycles. The van der Waals surface area contributed by atoms with Gasteiger partial charge in [0.25, 0.3) is 0 Å². The van der Waals surface area contributed by atoms with E-state index in [4.69, 9.17) is 23.2 Å². The van der Waals surface area contributed by atoms with Gasteiger partial charge < -0.3 is 10.0 Å². The van der Waals surface area contributed by atoms with Gasteiger partial charge in [-0.05, 0) is 43.9 Å². The van der Waals surface area contributed by atoms with E-state index in [1.807, 2.05) is 17.0 Å². The number of likely N-dealkylation sites (tertiary alicyclic amines) is 1. The second-order valence-corrected chi connectivity index (χ2v) is 6.55. The number of aryl methyl sites for hydroxylation is 1. The Labute approximate surface area is 135 Å². The van der Waals surface area contributed by atoms with Gasteiger partial charge in [-0.3, -0.25) is 4.79 Å². The molecule has 0 aromatic heterocycles. The molecule has 2 unspecified atom stereocenters. The van der Waals surface area contributed by atoms with Crippen molar-refractivity contribution >= 4 is 29.1 Å². The molecule has 1 fully saturated rings. The van der Waals surface area contributed by atoms with E-state index in [0.717, 1.165) is 31.4 Å². The number of carbonyl (C=O) groups is 1. The highest BCUT2D eigenvalue weighted by atomic mass is 35.5. The van der Waals surface area contributed by atoms with E-state index in [9.17, 15) is 9.90 Å². The molecule has 1 amide bonds. The van der Waals surface area contributed by atoms with Crippen LogP contribution in [0.1, 0.15) is 31.7 Å². The van der Waals surface area contributed by atoms with Crippen LogP contribution in [-0.2, 0) is 11.2 Å². The van der Waals surface area contributed by atoms with Crippen LogP contribution in [-0.4, -0.2) is 35.1 Å². The summed E-state index contributed by atoms with van der Waals surface area (Å²) in [6.07, 6.45) is 2.71. The molecule has 0 aliphatic carbocycles. The van der Waals surface area contributed by atoms with E-state index >= 15 is 0 Å². The average Bonchev–Trinajstić information content (AvgIpc) is 2.92. The van der Waals surface area contributed by atoms with Crippen molar-refractivity contribution in [1.82, 2.24) is 4.90 Å². The summed E-state index contributed by atoms with van der Waals surface area (Å²) >= 11 is 11.9. The number of hydrogen-bond donors (Lipinski definition) is 1. The first-order valence-electron chi connectivity index (χ1n) is 7.37. The maximum atomic E-state index is 12.1. The molecule has 5 heteroatoms. The molecule has 1 aliphatic heterocycles. The van der Waals surface area contributed by atoms with Gasteiger partial charge in [0, 0.05) is 25.4 Å². The minimum absolute atomic E-state index is 0.179. The second-order valence-electron chi connectivity index (χ2n) is 5.73. The molecule has 0 radical (unpaired) electrons. The molecule has 0 bridgehead atoms. The number of benzene rings is 1. The van der Waals surface area contributed by atoms with Crippen LogP contribution in [0.5, 0.6) is 0 Å². The molecular formula is C16H21Cl2NO2. The minimum atomic E-state index is -0.334. The zero-order chi connectivity index (χ0) is 15.4. The molecule has 1 aromatic carbocycles. The number of carbonyl (C=O) groups excluding carboxylic acids is 1. The first kappa shape index (κ1) is 16.6. The third-order valence-corrected chi connectivity index (χ3v) is 4.84. The Morgan fingerprint density at radius 2 is 2.19 bits per heavy atom. The SMILES string of the molecule is CC(O)C1CCN(C(=O)CCCc2ccc(Cl)c(Cl)c2)C1. The van der Waals surface area contributed by atoms with E-state index in [2.05, 4.69) is 0 Å². The predicted molar refractivity (Wildman–Crippen MR) is 85.8 cm³/mol. The smallest absolute Gasteiger partial charge is 0.222 e. The largest absolute Gasteiger partial charge is 0.393 e. The molecule has 3 nitrogen and oxygen atoms in total. The van der Waals surface area contributed by atoms with E-state index in [-0.39, 0.29) is 17.9 Å². The number of amides is 1. The number of aliphatic hydroxyl groups is 1. The van der Waals surface area contributed by atoms with Crippen LogP contribution in [0.3, 0.4) is 0 Å². The standard InChI is InChI=1S/C16H21Cl2NO2/c1-11(20)13-7-8-19(10-13)16(21)4-2-3-12-5-6-14(17)15(18)9-12/h5-6,9,11,13,20H,2-4,7-8,10H2,1H3. The molecule has 21 heavy (non-hydrogen) atoms. The van der Waals surface area contributed by atoms with Crippen molar-refractivity contribution in [3.63, 3.8) is 0 Å². The monoisotopic (exact) mass is 329 g/mol. The second kappa shape index (κ2) is 7.48. The highest BCUT2D eigenvalue weighted by Gasteiger charge is 2.28. The summed E-state index contributed by atoms with van der Waals surface area (Å²) in [5, 5.41) is 10.7. The van der Waals surface area contributed by atoms with Gasteiger partial charge in [0.1, 0.15) is 0 Å². The molecule has 1 heterocycles. The molecule has 2 atom stereocenters. The lowest BCUT2D eigenvalue weighted by molar-refractivity contribution is -0.130. The highest BCUT2D eigenvalue weighted by Crippen LogP contribution is 2.24. The van der Waals surface area contributed by atoms with Crippen molar-refractivity contribution in [1.29, 1.82) is 0 Å². The lowest BCUT2D eigenvalue weighted by atomic mass is 10.0. The number of hydrogen-bond acceptors (Lipinski definition) is 2. The number of aliphatic hydroxyl groups excluding tert-OH is 1. The summed E-state index contributed by atoms with van der Waals surface area (Å²) in [6, 6.07) is 5.58. The minimum Gasteiger partial charge on any atom is -0.393 e. The Morgan fingerprint density at radius 3 is 2.81 bits per heavy atom. The van der Waals surface area contributed by atoms with Gasteiger partial charge in [0.05, 0.1) is 16.1 Å². The van der Waals surface area contributed by atoms with Crippen LogP contribution in [0.2, 0.25) is 10.0 Å². The van der Waals surface area contributed by atoms with E-state index in [0.29, 0.717) is 23.0 Å². The van der Waals surface area contributed by atoms with Gasteiger partial charge in [-0.15, -0.1) is 0 Å². The van der Waals surface area contributed by atoms with Gasteiger partial charge in [0.2, 0.25) is 5.91 Å². The topological polar surface area (TPSA) is 40.5 Å². The van der Waals surface area contributed by atoms with Crippen molar-refractivity contribution < 1.29 is 9.90 Å². The quantitative estimate of drug-likeness (QED) is 0.897. The first-order chi connectivity index (χ1) is 9.97. The maximum Gasteiger partial charge on any atom is 0.222 e. The zero-order valence-corrected chi connectivity index (χ0v) is 13.7. The summed E-state index contributed by atoms with van der Waals surface area (Å²) in [4.78, 5) is 14.0. The first-order valence-corrected chi connectivity index (χ1v) is 8.12. The Kier molecular flexibility index (Phi) is 5.91. The summed E-state index contributed by atoms with van der Waals surface area (Å²) in [5.41, 5.74) is 1.10. The van der Waals surface area contributed by atoms with Crippen molar-refractivity contribution in [3.8, 4) is 0 Å². The van der Waals surface area contributed by atoms with Crippen molar-refractivity contribution in [2.75, 3.05) is 13.1 Å². The third kappa shape index (κ3) is 4.60. The van der Waals surface area contributed by atoms with Crippen LogP contribution in [0.25, 0.3) is 0 Å². The number of halogens is 2. The fourth-order valence-electron chi connectivity index (χ4n) is 2.70. The Balaban J connectivity index is 1.76. The Bertz CT molecular complexity index is 505. The zero-order valence-electron chi connectivity index (χ0n) is 12.2. The molecular weight excluding hydrogens is 309 g/mol. The van der Waals surface area contributed by atoms with Crippen molar-refractivity contribution in [2.24, 2.45) is 5.92 Å². The van der Waals surface area contributed by atoms with Crippen molar-refractivity contribution in [2.45, 2.75) is 38.7 Å². The maximum absolute atomic E-state index is 12.1. The van der Waals surface area contributed by atoms with E-state index in [1.165, 1.54) is 0 Å². The van der Waals surface area contributed by atoms with Crippen LogP contribution in [0.15, 0.2) is 18.2 Å². The number of nitrogens with zero attached hydrogens (tertiary/aromatic N) is 1. The molecule has 1 N–H and O–H groups in total. The summed E-state index contributed by atoms with van der Waals surface area (Å²) in [7, 11) is 0. The summed E-state index contributed by atoms with van der Waals surface area (Å²) in [6.45, 7) is 3.24. The van der Waals surface area contributed by atoms with Crippen molar-refractivity contribution in [3.05, 3.63) is 33.8 Å². The predicted octanol–water partition coefficient (Wildman–Crippen LogP) is 3.55. The van der Waals surface area contributed by atoms with E-state index < -0.39 is 0 Å². The molecule has 2 rings (SSSR count). The van der Waals surface area contributed by atoms with Gasteiger partial charge in [-0.25, -0.2) is 0 Å². The molecule has 0 saturated carbocycles. The summed E-state index contributed by atoms with van der Waals surface area (Å²) in [5.74, 6) is 0.405. The molecule has 1 aliphatic rings. The lowest BCUT2D eigenvalue weighted by Crippen LogP contribution is -2.30. The van der Waals surface area contributed by atoms with Gasteiger partial charge >= 0.3 is 0 Å². The van der Waals surface area contributed by atoms with E-state index in [1.54, 1.807) is 13.0 Å². The van der Waals surface area contributed by atoms with Gasteiger partial charge in [-0.2, -0.15) is 0 Å². The molecule has 1 aromatic rings. The van der Waals surface area contributed by atoms with Crippen LogP contribution >= 0.6 is 23.2 Å². The normalized spacial score (nSPS) is 19.8. The van der Waals surface area contributed by atoms with Crippen LogP contribution < -0.4 is 0 Å². The Morgan fingerprint density at radius 1 is 1.43 bits per heavy atom. The fraction of sp³-hybridized carbons (Fsp3) is 0.562. The van der Waals surface area contributed by atoms with Crippen LogP contribution in [0, 0.1) is 5.92 Å². The number of rotatable bonds is 5. The summed E-state index contributed by atoms with van der Waals surface area (Å²) < 4.78 is 0. The highest BCUT2D eigenvalue weighted by molar-refractivity contribution is 6.42. The average molecular weight is 330 g/mol. The molecule has 0 spiro atoms. The van der Waals surface area contributed by atoms with Gasteiger partial charge in [-0.1, -0.05) is 29.3 Å². The molecule has 116 valence electrons. The Hall–Kier alpha value is -0.770. The fourth-order valence-corrected chi connectivity index (χ4v) is 3.03. The van der Waals surface area contributed by atoms with Gasteiger partial charge in [0.15, 0.2) is 0 Å². The van der Waals surface area contributed by atoms with Crippen LogP contribution in [0.4, 0.5) is 0 Å².